The summed E-state index contributed by atoms with van der Waals surface area (Å²) in [6.07, 6.45) is 0.142. The molecule has 0 bridgehead atoms. The van der Waals surface area contributed by atoms with E-state index in [-0.39, 0.29) is 17.0 Å². The predicted octanol–water partition coefficient (Wildman–Crippen LogP) is 2.61. The molecular weight excluding hydrogens is 265 g/mol. The molecule has 11 heavy (non-hydrogen) atoms. The third-order valence-corrected chi connectivity index (χ3v) is 2.49. The molecule has 1 unspecified atom stereocenters. The summed E-state index contributed by atoms with van der Waals surface area (Å²) in [5.74, 6) is 0. The molecule has 68 valence electrons. The van der Waals surface area contributed by atoms with E-state index in [9.17, 15) is 8.78 Å². The number of aliphatic hydroxyl groups excluding tert-OH is 1. The zero-order valence-corrected chi connectivity index (χ0v) is 8.43. The first-order chi connectivity index (χ1) is 5.16. The van der Waals surface area contributed by atoms with E-state index in [2.05, 4.69) is 0 Å². The Labute approximate surface area is 79.3 Å². The number of rotatable bonds is 6. The predicted molar refractivity (Wildman–Crippen MR) is 49.4 cm³/mol. The van der Waals surface area contributed by atoms with Crippen molar-refractivity contribution in [2.24, 2.45) is 0 Å². The van der Waals surface area contributed by atoms with Gasteiger partial charge in [-0.1, -0.05) is 29.0 Å². The van der Waals surface area contributed by atoms with E-state index in [4.69, 9.17) is 5.11 Å². The van der Waals surface area contributed by atoms with Crippen LogP contribution in [0.15, 0.2) is 0 Å². The second-order valence-electron chi connectivity index (χ2n) is 2.44. The van der Waals surface area contributed by atoms with Crippen molar-refractivity contribution in [1.29, 1.82) is 0 Å². The van der Waals surface area contributed by atoms with E-state index in [1.807, 2.05) is 22.6 Å². The third-order valence-electron chi connectivity index (χ3n) is 1.36. The van der Waals surface area contributed by atoms with Crippen molar-refractivity contribution in [3.63, 3.8) is 0 Å². The highest BCUT2D eigenvalue weighted by Crippen LogP contribution is 2.18. The van der Waals surface area contributed by atoms with E-state index >= 15 is 0 Å². The zero-order chi connectivity index (χ0) is 8.69. The number of hydrogen-bond acceptors (Lipinski definition) is 1. The average Bonchev–Trinajstić information content (AvgIpc) is 1.86. The van der Waals surface area contributed by atoms with Crippen LogP contribution in [-0.2, 0) is 0 Å². The summed E-state index contributed by atoms with van der Waals surface area (Å²) in [5.41, 5.74) is 0. The summed E-state index contributed by atoms with van der Waals surface area (Å²) in [6, 6.07) is 0. The molecule has 4 heteroatoms. The lowest BCUT2D eigenvalue weighted by Gasteiger charge is -2.07. The molecule has 0 heterocycles. The molecule has 0 spiro atoms. The maximum absolute atomic E-state index is 11.7. The Morgan fingerprint density at radius 2 is 1.91 bits per heavy atom. The van der Waals surface area contributed by atoms with Gasteiger partial charge in [-0.3, -0.25) is 0 Å². The molecule has 0 saturated heterocycles. The first kappa shape index (κ1) is 11.6. The minimum atomic E-state index is -2.19. The number of halogens is 3. The van der Waals surface area contributed by atoms with Crippen LogP contribution in [0.4, 0.5) is 8.78 Å². The fraction of sp³-hybridized carbons (Fsp3) is 1.00. The lowest BCUT2D eigenvalue weighted by molar-refractivity contribution is 0.137. The fourth-order valence-corrected chi connectivity index (χ4v) is 1.61. The van der Waals surface area contributed by atoms with Gasteiger partial charge in [0.05, 0.1) is 0 Å². The summed E-state index contributed by atoms with van der Waals surface area (Å²) in [4.78, 5) is 0. The van der Waals surface area contributed by atoms with Crippen molar-refractivity contribution in [3.8, 4) is 0 Å². The Bertz CT molecular complexity index is 90.5. The van der Waals surface area contributed by atoms with Gasteiger partial charge in [-0.2, -0.15) is 0 Å². The molecule has 1 N–H and O–H groups in total. The molecule has 0 amide bonds. The molecular formula is C7H13F2IO. The van der Waals surface area contributed by atoms with Crippen LogP contribution in [0.3, 0.4) is 0 Å². The van der Waals surface area contributed by atoms with E-state index in [1.54, 1.807) is 0 Å². The molecule has 0 saturated carbocycles. The van der Waals surface area contributed by atoms with Crippen LogP contribution in [0.1, 0.15) is 25.7 Å². The Balaban J connectivity index is 3.15. The molecule has 0 aliphatic heterocycles. The van der Waals surface area contributed by atoms with E-state index < -0.39 is 6.43 Å². The summed E-state index contributed by atoms with van der Waals surface area (Å²) in [6.45, 7) is 0.165. The van der Waals surface area contributed by atoms with Gasteiger partial charge in [0.25, 0.3) is 0 Å². The molecule has 1 atom stereocenters. The molecule has 0 aromatic heterocycles. The Hall–Kier alpha value is 0.550. The van der Waals surface area contributed by atoms with Crippen LogP contribution in [0.5, 0.6) is 0 Å². The molecule has 1 nitrogen and oxygen atoms in total. The van der Waals surface area contributed by atoms with Gasteiger partial charge in [-0.25, -0.2) is 8.78 Å². The molecule has 0 aromatic carbocycles. The van der Waals surface area contributed by atoms with Gasteiger partial charge >= 0.3 is 0 Å². The quantitative estimate of drug-likeness (QED) is 0.450. The topological polar surface area (TPSA) is 20.2 Å². The maximum Gasteiger partial charge on any atom is 0.239 e. The van der Waals surface area contributed by atoms with Crippen molar-refractivity contribution in [2.75, 3.05) is 6.61 Å². The highest BCUT2D eigenvalue weighted by Gasteiger charge is 2.10. The molecule has 0 aliphatic carbocycles. The number of unbranched alkanes of at least 4 members (excludes halogenated alkanes) is 1. The lowest BCUT2D eigenvalue weighted by Crippen LogP contribution is -2.04. The van der Waals surface area contributed by atoms with Gasteiger partial charge in [0.1, 0.15) is 0 Å². The van der Waals surface area contributed by atoms with Gasteiger partial charge in [-0.05, 0) is 12.8 Å². The van der Waals surface area contributed by atoms with Crippen molar-refractivity contribution in [1.82, 2.24) is 0 Å². The van der Waals surface area contributed by atoms with Gasteiger partial charge < -0.3 is 5.11 Å². The summed E-state index contributed by atoms with van der Waals surface area (Å²) >= 11 is 2.03. The van der Waals surface area contributed by atoms with E-state index in [1.165, 1.54) is 0 Å². The summed E-state index contributed by atoms with van der Waals surface area (Å²) in [5, 5.41) is 8.41. The van der Waals surface area contributed by atoms with Crippen LogP contribution < -0.4 is 0 Å². The molecule has 0 radical (unpaired) electrons. The molecule has 0 rings (SSSR count). The summed E-state index contributed by atoms with van der Waals surface area (Å²) < 4.78 is 23.5. The normalized spacial score (nSPS) is 13.9. The minimum absolute atomic E-state index is 0.0218. The Kier molecular flexibility index (Phi) is 7.57. The lowest BCUT2D eigenvalue weighted by atomic mass is 10.1. The van der Waals surface area contributed by atoms with Crippen molar-refractivity contribution < 1.29 is 13.9 Å². The number of alkyl halides is 3. The van der Waals surface area contributed by atoms with Crippen LogP contribution in [0.25, 0.3) is 0 Å². The second-order valence-corrected chi connectivity index (χ2v) is 4.21. The number of hydrogen-bond donors (Lipinski definition) is 1. The first-order valence-electron chi connectivity index (χ1n) is 3.70. The SMILES string of the molecule is OCCCCC(I)CC(F)F. The monoisotopic (exact) mass is 278 g/mol. The smallest absolute Gasteiger partial charge is 0.239 e. The van der Waals surface area contributed by atoms with Crippen LogP contribution in [-0.4, -0.2) is 22.1 Å². The van der Waals surface area contributed by atoms with E-state index in [0.29, 0.717) is 0 Å². The second kappa shape index (κ2) is 7.21. The zero-order valence-electron chi connectivity index (χ0n) is 6.27. The Morgan fingerprint density at radius 1 is 1.27 bits per heavy atom. The Morgan fingerprint density at radius 3 is 2.36 bits per heavy atom. The van der Waals surface area contributed by atoms with Gasteiger partial charge in [0.15, 0.2) is 0 Å². The number of aliphatic hydroxyl groups is 1. The van der Waals surface area contributed by atoms with Gasteiger partial charge in [0.2, 0.25) is 6.43 Å². The largest absolute Gasteiger partial charge is 0.396 e. The van der Waals surface area contributed by atoms with Crippen LogP contribution >= 0.6 is 22.6 Å². The van der Waals surface area contributed by atoms with Crippen LogP contribution in [0.2, 0.25) is 0 Å². The van der Waals surface area contributed by atoms with Crippen LogP contribution in [0, 0.1) is 0 Å². The first-order valence-corrected chi connectivity index (χ1v) is 4.94. The fourth-order valence-electron chi connectivity index (χ4n) is 0.789. The summed E-state index contributed by atoms with van der Waals surface area (Å²) in [7, 11) is 0. The van der Waals surface area contributed by atoms with Gasteiger partial charge in [0, 0.05) is 17.0 Å². The molecule has 0 aromatic rings. The minimum Gasteiger partial charge on any atom is -0.396 e. The van der Waals surface area contributed by atoms with Crippen molar-refractivity contribution >= 4 is 22.6 Å². The van der Waals surface area contributed by atoms with Crippen molar-refractivity contribution in [2.45, 2.75) is 36.0 Å². The standard InChI is InChI=1S/C7H13F2IO/c8-7(9)5-6(10)3-1-2-4-11/h6-7,11H,1-5H2. The maximum atomic E-state index is 11.7. The highest BCUT2D eigenvalue weighted by atomic mass is 127. The molecule has 0 fully saturated rings. The van der Waals surface area contributed by atoms with Crippen molar-refractivity contribution in [3.05, 3.63) is 0 Å². The molecule has 0 aliphatic rings. The van der Waals surface area contributed by atoms with E-state index in [0.717, 1.165) is 19.3 Å². The third kappa shape index (κ3) is 8.46. The average molecular weight is 278 g/mol. The van der Waals surface area contributed by atoms with Gasteiger partial charge in [-0.15, -0.1) is 0 Å². The highest BCUT2D eigenvalue weighted by molar-refractivity contribution is 14.1.